The van der Waals surface area contributed by atoms with Crippen molar-refractivity contribution in [2.45, 2.75) is 38.8 Å². The zero-order valence-electron chi connectivity index (χ0n) is 21.8. The van der Waals surface area contributed by atoms with Crippen molar-refractivity contribution in [3.8, 4) is 5.75 Å². The van der Waals surface area contributed by atoms with Gasteiger partial charge in [-0.2, -0.15) is 0 Å². The standard InChI is InChI=1S/C27H26F3N5O6/c1-16(36)32-20-9-10-34(15-20)25(39)18-7-8-19(22(11-18)41-27(28,29)30)13-31-24(38)21-12-23(37)35(26(40)33-21)14-17-5-3-2-4-6-17/h2-8,11-12,20H,9-10,13-15H2,1H3,(H,31,38)(H,32,36)(H,33,40). The molecule has 11 nitrogen and oxygen atoms in total. The number of amides is 3. The summed E-state index contributed by atoms with van der Waals surface area (Å²) >= 11 is 0. The van der Waals surface area contributed by atoms with Crippen LogP contribution < -0.4 is 26.6 Å². The Morgan fingerprint density at radius 1 is 1.07 bits per heavy atom. The zero-order chi connectivity index (χ0) is 29.7. The quantitative estimate of drug-likeness (QED) is 0.375. The van der Waals surface area contributed by atoms with Crippen molar-refractivity contribution in [2.24, 2.45) is 0 Å². The van der Waals surface area contributed by atoms with Crippen LogP contribution in [0.5, 0.6) is 5.75 Å². The topological polar surface area (TPSA) is 143 Å². The minimum Gasteiger partial charge on any atom is -0.405 e. The van der Waals surface area contributed by atoms with Crippen LogP contribution in [0.2, 0.25) is 0 Å². The fraction of sp³-hybridized carbons (Fsp3) is 0.296. The first-order valence-corrected chi connectivity index (χ1v) is 12.5. The van der Waals surface area contributed by atoms with Gasteiger partial charge in [-0.05, 0) is 24.1 Å². The molecule has 14 heteroatoms. The molecule has 1 aliphatic rings. The molecule has 1 atom stereocenters. The van der Waals surface area contributed by atoms with Crippen molar-refractivity contribution < 1.29 is 32.3 Å². The van der Waals surface area contributed by atoms with Crippen molar-refractivity contribution in [3.63, 3.8) is 0 Å². The number of hydrogen-bond acceptors (Lipinski definition) is 6. The highest BCUT2D eigenvalue weighted by molar-refractivity contribution is 5.95. The van der Waals surface area contributed by atoms with Crippen molar-refractivity contribution in [1.82, 2.24) is 25.1 Å². The Labute approximate surface area is 230 Å². The van der Waals surface area contributed by atoms with Crippen molar-refractivity contribution in [1.29, 1.82) is 0 Å². The van der Waals surface area contributed by atoms with Gasteiger partial charge in [0.2, 0.25) is 5.91 Å². The molecule has 0 spiro atoms. The molecule has 3 aromatic rings. The van der Waals surface area contributed by atoms with E-state index in [0.29, 0.717) is 18.5 Å². The highest BCUT2D eigenvalue weighted by atomic mass is 19.4. The van der Waals surface area contributed by atoms with E-state index in [1.807, 2.05) is 0 Å². The van der Waals surface area contributed by atoms with E-state index < -0.39 is 41.7 Å². The Kier molecular flexibility index (Phi) is 8.59. The van der Waals surface area contributed by atoms with Gasteiger partial charge < -0.3 is 25.3 Å². The second-order valence-electron chi connectivity index (χ2n) is 9.39. The summed E-state index contributed by atoms with van der Waals surface area (Å²) in [5, 5.41) is 5.05. The molecule has 1 saturated heterocycles. The average molecular weight is 574 g/mol. The lowest BCUT2D eigenvalue weighted by Crippen LogP contribution is -2.38. The fourth-order valence-corrected chi connectivity index (χ4v) is 4.41. The van der Waals surface area contributed by atoms with Gasteiger partial charge >= 0.3 is 12.1 Å². The van der Waals surface area contributed by atoms with E-state index in [2.05, 4.69) is 20.4 Å². The first-order chi connectivity index (χ1) is 19.4. The number of alkyl halides is 3. The summed E-state index contributed by atoms with van der Waals surface area (Å²) in [6.07, 6.45) is -4.58. The Hall–Kier alpha value is -4.88. The Balaban J connectivity index is 1.48. The largest absolute Gasteiger partial charge is 0.573 e. The molecule has 1 unspecified atom stereocenters. The molecule has 1 aliphatic heterocycles. The molecule has 1 aromatic heterocycles. The van der Waals surface area contributed by atoms with Gasteiger partial charge in [-0.3, -0.25) is 23.7 Å². The Morgan fingerprint density at radius 3 is 2.46 bits per heavy atom. The van der Waals surface area contributed by atoms with Gasteiger partial charge in [-0.1, -0.05) is 36.4 Å². The Bertz CT molecular complexity index is 1540. The molecule has 0 radical (unpaired) electrons. The second kappa shape index (κ2) is 12.1. The lowest BCUT2D eigenvalue weighted by molar-refractivity contribution is -0.274. The number of ether oxygens (including phenoxy) is 1. The number of halogens is 3. The lowest BCUT2D eigenvalue weighted by atomic mass is 10.1. The van der Waals surface area contributed by atoms with E-state index >= 15 is 0 Å². The number of aromatic nitrogens is 2. The molecule has 41 heavy (non-hydrogen) atoms. The summed E-state index contributed by atoms with van der Waals surface area (Å²) in [5.41, 5.74) is -1.45. The molecule has 216 valence electrons. The van der Waals surface area contributed by atoms with Gasteiger partial charge in [0, 0.05) is 49.8 Å². The third-order valence-electron chi connectivity index (χ3n) is 6.31. The third-order valence-corrected chi connectivity index (χ3v) is 6.31. The molecule has 3 amide bonds. The lowest BCUT2D eigenvalue weighted by Gasteiger charge is -2.19. The van der Waals surface area contributed by atoms with E-state index in [-0.39, 0.29) is 41.9 Å². The predicted molar refractivity (Wildman–Crippen MR) is 139 cm³/mol. The van der Waals surface area contributed by atoms with Crippen LogP contribution in [0.1, 0.15) is 45.3 Å². The first-order valence-electron chi connectivity index (χ1n) is 12.5. The highest BCUT2D eigenvalue weighted by Crippen LogP contribution is 2.28. The smallest absolute Gasteiger partial charge is 0.405 e. The summed E-state index contributed by atoms with van der Waals surface area (Å²) in [7, 11) is 0. The number of benzene rings is 2. The van der Waals surface area contributed by atoms with Crippen molar-refractivity contribution >= 4 is 17.7 Å². The van der Waals surface area contributed by atoms with Crippen molar-refractivity contribution in [2.75, 3.05) is 13.1 Å². The van der Waals surface area contributed by atoms with Crippen LogP contribution >= 0.6 is 0 Å². The number of likely N-dealkylation sites (tertiary alicyclic amines) is 1. The van der Waals surface area contributed by atoms with E-state index in [9.17, 15) is 37.1 Å². The van der Waals surface area contributed by atoms with E-state index in [1.165, 1.54) is 24.0 Å². The summed E-state index contributed by atoms with van der Waals surface area (Å²) in [6, 6.07) is 12.8. The Morgan fingerprint density at radius 2 is 1.80 bits per heavy atom. The third kappa shape index (κ3) is 7.62. The van der Waals surface area contributed by atoms with Crippen LogP contribution in [0.3, 0.4) is 0 Å². The minimum absolute atomic E-state index is 0.0224. The van der Waals surface area contributed by atoms with Crippen LogP contribution in [0.4, 0.5) is 13.2 Å². The SMILES string of the molecule is CC(=O)NC1CCN(C(=O)c2ccc(CNC(=O)c3cc(=O)n(Cc4ccccc4)c(=O)[nH]3)c(OC(F)(F)F)c2)C1. The molecular weight excluding hydrogens is 547 g/mol. The van der Waals surface area contributed by atoms with Gasteiger partial charge in [0.15, 0.2) is 0 Å². The molecule has 2 aromatic carbocycles. The zero-order valence-corrected chi connectivity index (χ0v) is 21.8. The number of nitrogens with zero attached hydrogens (tertiary/aromatic N) is 2. The van der Waals surface area contributed by atoms with Crippen LogP contribution in [0, 0.1) is 0 Å². The summed E-state index contributed by atoms with van der Waals surface area (Å²) in [6.45, 7) is 1.36. The summed E-state index contributed by atoms with van der Waals surface area (Å²) in [5.74, 6) is -2.42. The molecule has 0 aliphatic carbocycles. The van der Waals surface area contributed by atoms with E-state index in [0.717, 1.165) is 16.7 Å². The van der Waals surface area contributed by atoms with Crippen LogP contribution in [-0.2, 0) is 17.9 Å². The number of hydrogen-bond donors (Lipinski definition) is 3. The van der Waals surface area contributed by atoms with Gasteiger partial charge in [0.25, 0.3) is 17.4 Å². The summed E-state index contributed by atoms with van der Waals surface area (Å²) in [4.78, 5) is 65.5. The molecule has 4 rings (SSSR count). The number of H-pyrrole nitrogens is 1. The average Bonchev–Trinajstić information content (AvgIpc) is 3.36. The molecular formula is C27H26F3N5O6. The highest BCUT2D eigenvalue weighted by Gasteiger charge is 2.33. The number of nitrogens with one attached hydrogen (secondary N) is 3. The molecule has 0 bridgehead atoms. The molecule has 3 N–H and O–H groups in total. The maximum atomic E-state index is 13.2. The second-order valence-corrected chi connectivity index (χ2v) is 9.39. The van der Waals surface area contributed by atoms with Gasteiger partial charge in [0.1, 0.15) is 11.4 Å². The van der Waals surface area contributed by atoms with Crippen LogP contribution in [0.15, 0.2) is 64.2 Å². The minimum atomic E-state index is -5.08. The van der Waals surface area contributed by atoms with Gasteiger partial charge in [-0.25, -0.2) is 4.79 Å². The molecule has 0 saturated carbocycles. The van der Waals surface area contributed by atoms with Crippen LogP contribution in [0.25, 0.3) is 0 Å². The number of aromatic amines is 1. The summed E-state index contributed by atoms with van der Waals surface area (Å²) < 4.78 is 44.5. The fourth-order valence-electron chi connectivity index (χ4n) is 4.41. The van der Waals surface area contributed by atoms with E-state index in [1.54, 1.807) is 30.3 Å². The number of carbonyl (C=O) groups excluding carboxylic acids is 3. The monoisotopic (exact) mass is 573 g/mol. The normalized spacial score (nSPS) is 14.9. The number of carbonyl (C=O) groups is 3. The molecule has 1 fully saturated rings. The first kappa shape index (κ1) is 29.1. The predicted octanol–water partition coefficient (Wildman–Crippen LogP) is 1.76. The van der Waals surface area contributed by atoms with Crippen LogP contribution in [-0.4, -0.2) is 57.7 Å². The maximum Gasteiger partial charge on any atom is 0.573 e. The maximum absolute atomic E-state index is 13.2. The van der Waals surface area contributed by atoms with E-state index in [4.69, 9.17) is 0 Å². The number of rotatable bonds is 8. The van der Waals surface area contributed by atoms with Gasteiger partial charge in [-0.15, -0.1) is 13.2 Å². The molecule has 2 heterocycles. The van der Waals surface area contributed by atoms with Gasteiger partial charge in [0.05, 0.1) is 6.54 Å². The van der Waals surface area contributed by atoms with Crippen molar-refractivity contribution in [3.05, 3.63) is 97.8 Å².